The molecule has 0 fully saturated rings. The normalized spacial score (nSPS) is 13.6. The van der Waals surface area contributed by atoms with Gasteiger partial charge in [-0.05, 0) is 70.6 Å². The predicted molar refractivity (Wildman–Crippen MR) is 280 cm³/mol. The fourth-order valence-corrected chi connectivity index (χ4v) is 8.54. The van der Waals surface area contributed by atoms with Gasteiger partial charge in [0.15, 0.2) is 6.10 Å². The molecule has 10 heteroatoms. The third kappa shape index (κ3) is 51.6. The van der Waals surface area contributed by atoms with Crippen LogP contribution in [0.15, 0.2) is 36.5 Å². The molecule has 0 amide bonds. The molecule has 0 aliphatic heterocycles. The molecule has 0 aliphatic carbocycles. The highest BCUT2D eigenvalue weighted by atomic mass is 31.2. The van der Waals surface area contributed by atoms with Gasteiger partial charge in [0.2, 0.25) is 0 Å². The van der Waals surface area contributed by atoms with Gasteiger partial charge in [0.25, 0.3) is 0 Å². The van der Waals surface area contributed by atoms with Gasteiger partial charge in [-0.25, -0.2) is 4.57 Å². The summed E-state index contributed by atoms with van der Waals surface area (Å²) in [6, 6.07) is 0. The van der Waals surface area contributed by atoms with E-state index in [1.807, 2.05) is 21.1 Å². The molecule has 0 saturated carbocycles. The van der Waals surface area contributed by atoms with Crippen molar-refractivity contribution in [3.63, 3.8) is 0 Å². The Morgan fingerprint density at radius 3 is 1.21 bits per heavy atom. The largest absolute Gasteiger partial charge is 0.472 e. The van der Waals surface area contributed by atoms with E-state index in [1.54, 1.807) is 0 Å². The predicted octanol–water partition coefficient (Wildman–Crippen LogP) is 16.8. The van der Waals surface area contributed by atoms with Crippen LogP contribution in [0.5, 0.6) is 0 Å². The highest BCUT2D eigenvalue weighted by Gasteiger charge is 2.27. The van der Waals surface area contributed by atoms with Gasteiger partial charge in [-0.15, -0.1) is 0 Å². The molecule has 1 N–H and O–H groups in total. The lowest BCUT2D eigenvalue weighted by Gasteiger charge is -2.24. The van der Waals surface area contributed by atoms with Gasteiger partial charge in [-0.3, -0.25) is 18.6 Å². The lowest BCUT2D eigenvalue weighted by atomic mass is 10.0. The van der Waals surface area contributed by atoms with Crippen molar-refractivity contribution in [1.82, 2.24) is 0 Å². The number of nitrogens with zero attached hydrogens (tertiary/aromatic N) is 1. The second-order valence-electron chi connectivity index (χ2n) is 20.0. The lowest BCUT2D eigenvalue weighted by Crippen LogP contribution is -2.37. The molecule has 0 aromatic heterocycles. The Bertz CT molecular complexity index is 1210. The van der Waals surface area contributed by atoms with Gasteiger partial charge in [0.05, 0.1) is 27.7 Å². The number of ether oxygens (including phenoxy) is 2. The molecule has 0 rings (SSSR count). The lowest BCUT2D eigenvalue weighted by molar-refractivity contribution is -0.870. The molecule has 0 bridgehead atoms. The molecule has 0 spiro atoms. The van der Waals surface area contributed by atoms with Crippen LogP contribution >= 0.6 is 7.82 Å². The summed E-state index contributed by atoms with van der Waals surface area (Å²) < 4.78 is 34.5. The van der Waals surface area contributed by atoms with Crippen LogP contribution in [0.25, 0.3) is 0 Å². The van der Waals surface area contributed by atoms with E-state index in [0.29, 0.717) is 23.9 Å². The molecule has 0 aromatic carbocycles. The second kappa shape index (κ2) is 48.3. The zero-order chi connectivity index (χ0) is 48.5. The molecular formula is C56H107NO8P+. The van der Waals surface area contributed by atoms with Gasteiger partial charge in [-0.1, -0.05) is 211 Å². The molecule has 0 radical (unpaired) electrons. The third-order valence-electron chi connectivity index (χ3n) is 12.1. The number of hydrogen-bond donors (Lipinski definition) is 1. The number of carbonyl (C=O) groups excluding carboxylic acids is 2. The number of unbranched alkanes of at least 4 members (excludes halogenated alkanes) is 31. The minimum Gasteiger partial charge on any atom is -0.462 e. The summed E-state index contributed by atoms with van der Waals surface area (Å²) in [4.78, 5) is 35.6. The van der Waals surface area contributed by atoms with Gasteiger partial charge in [-0.2, -0.15) is 0 Å². The van der Waals surface area contributed by atoms with Gasteiger partial charge in [0.1, 0.15) is 19.8 Å². The van der Waals surface area contributed by atoms with Crippen LogP contribution in [0.4, 0.5) is 0 Å². The number of phosphoric ester groups is 1. The molecule has 0 heterocycles. The van der Waals surface area contributed by atoms with Crippen LogP contribution < -0.4 is 0 Å². The molecule has 2 atom stereocenters. The minimum atomic E-state index is -4.39. The average molecular weight is 953 g/mol. The maximum atomic E-state index is 12.8. The Morgan fingerprint density at radius 1 is 0.455 bits per heavy atom. The summed E-state index contributed by atoms with van der Waals surface area (Å²) >= 11 is 0. The number of quaternary nitrogens is 1. The summed E-state index contributed by atoms with van der Waals surface area (Å²) in [5.41, 5.74) is 0. The quantitative estimate of drug-likeness (QED) is 0.0211. The molecule has 0 saturated heterocycles. The van der Waals surface area contributed by atoms with E-state index in [-0.39, 0.29) is 26.1 Å². The van der Waals surface area contributed by atoms with Crippen LogP contribution in [0.2, 0.25) is 0 Å². The standard InChI is InChI=1S/C56H106NO8P/c1-6-8-10-12-14-16-18-20-22-24-26-27-28-29-31-32-34-36-38-40-42-44-46-48-55(58)62-52-54(53-64-66(60,61)63-51-50-57(3,4)5)65-56(59)49-47-45-43-41-39-37-35-33-30-25-23-21-19-17-15-13-11-9-7-2/h21,23,32,34,40,42,54H,6-20,22,24-31,33,35-39,41,43-53H2,1-5H3/p+1/b23-21+,34-32+,42-40+/t54-/m1/s1. The average Bonchev–Trinajstić information content (AvgIpc) is 3.27. The molecule has 0 aromatic rings. The van der Waals surface area contributed by atoms with E-state index in [4.69, 9.17) is 18.5 Å². The van der Waals surface area contributed by atoms with Crippen LogP contribution in [0, 0.1) is 0 Å². The number of esters is 2. The van der Waals surface area contributed by atoms with E-state index in [2.05, 4.69) is 50.3 Å². The Hall–Kier alpha value is -1.77. The Balaban J connectivity index is 4.24. The van der Waals surface area contributed by atoms with Crippen LogP contribution in [0.1, 0.15) is 258 Å². The van der Waals surface area contributed by atoms with Gasteiger partial charge in [0, 0.05) is 12.8 Å². The maximum absolute atomic E-state index is 12.8. The minimum absolute atomic E-state index is 0.0262. The third-order valence-corrected chi connectivity index (χ3v) is 13.1. The van der Waals surface area contributed by atoms with Crippen molar-refractivity contribution in [1.29, 1.82) is 0 Å². The SMILES string of the molecule is CCCCCCCC/C=C/CCCCCCCCCCCC(=O)O[C@H](COC(=O)CCC/C=C/CC/C=C/CCCCCCCCCCCCCCCC)COP(=O)(O)OCC[N+](C)(C)C. The number of phosphoric acid groups is 1. The monoisotopic (exact) mass is 953 g/mol. The van der Waals surface area contributed by atoms with Crippen molar-refractivity contribution < 1.29 is 42.1 Å². The van der Waals surface area contributed by atoms with Crippen molar-refractivity contribution in [3.05, 3.63) is 36.5 Å². The van der Waals surface area contributed by atoms with Crippen LogP contribution in [-0.2, 0) is 32.7 Å². The molecular weight excluding hydrogens is 846 g/mol. The first-order chi connectivity index (χ1) is 32.0. The Kier molecular flexibility index (Phi) is 47.0. The zero-order valence-electron chi connectivity index (χ0n) is 43.9. The van der Waals surface area contributed by atoms with Crippen LogP contribution in [-0.4, -0.2) is 74.9 Å². The summed E-state index contributed by atoms with van der Waals surface area (Å²) in [6.07, 6.45) is 57.9. The van der Waals surface area contributed by atoms with Crippen molar-refractivity contribution in [3.8, 4) is 0 Å². The Morgan fingerprint density at radius 2 is 0.803 bits per heavy atom. The fourth-order valence-electron chi connectivity index (χ4n) is 7.80. The number of hydrogen-bond acceptors (Lipinski definition) is 7. The van der Waals surface area contributed by atoms with E-state index < -0.39 is 32.5 Å². The van der Waals surface area contributed by atoms with Crippen molar-refractivity contribution >= 4 is 19.8 Å². The number of carbonyl (C=O) groups is 2. The molecule has 0 aliphatic rings. The number of likely N-dealkylation sites (N-methyl/N-ethyl adjacent to an activating group) is 1. The van der Waals surface area contributed by atoms with Crippen molar-refractivity contribution in [2.24, 2.45) is 0 Å². The smallest absolute Gasteiger partial charge is 0.462 e. The topological polar surface area (TPSA) is 108 Å². The first kappa shape index (κ1) is 64.2. The molecule has 9 nitrogen and oxygen atoms in total. The maximum Gasteiger partial charge on any atom is 0.472 e. The van der Waals surface area contributed by atoms with E-state index in [9.17, 15) is 19.0 Å². The van der Waals surface area contributed by atoms with E-state index in [0.717, 1.165) is 38.5 Å². The van der Waals surface area contributed by atoms with Crippen molar-refractivity contribution in [2.45, 2.75) is 264 Å². The number of rotatable bonds is 51. The molecule has 66 heavy (non-hydrogen) atoms. The summed E-state index contributed by atoms with van der Waals surface area (Å²) in [5, 5.41) is 0. The highest BCUT2D eigenvalue weighted by molar-refractivity contribution is 7.47. The van der Waals surface area contributed by atoms with E-state index >= 15 is 0 Å². The highest BCUT2D eigenvalue weighted by Crippen LogP contribution is 2.43. The summed E-state index contributed by atoms with van der Waals surface area (Å²) in [6.45, 7) is 4.42. The first-order valence-electron chi connectivity index (χ1n) is 27.7. The summed E-state index contributed by atoms with van der Waals surface area (Å²) in [5.74, 6) is -0.841. The van der Waals surface area contributed by atoms with Crippen molar-refractivity contribution in [2.75, 3.05) is 47.5 Å². The second-order valence-corrected chi connectivity index (χ2v) is 21.4. The number of allylic oxidation sites excluding steroid dienone is 6. The molecule has 388 valence electrons. The van der Waals surface area contributed by atoms with Crippen LogP contribution in [0.3, 0.4) is 0 Å². The van der Waals surface area contributed by atoms with E-state index in [1.165, 1.54) is 180 Å². The first-order valence-corrected chi connectivity index (χ1v) is 29.2. The fraction of sp³-hybridized carbons (Fsp3) is 0.857. The summed E-state index contributed by atoms with van der Waals surface area (Å²) in [7, 11) is 1.46. The Labute approximate surface area is 408 Å². The van der Waals surface area contributed by atoms with Gasteiger partial charge < -0.3 is 18.9 Å². The molecule has 1 unspecified atom stereocenters. The van der Waals surface area contributed by atoms with Gasteiger partial charge >= 0.3 is 19.8 Å². The zero-order valence-corrected chi connectivity index (χ0v) is 44.8.